The fraction of sp³-hybridized carbons (Fsp3) is 0.375. The van der Waals surface area contributed by atoms with Crippen molar-refractivity contribution in [2.45, 2.75) is 39.8 Å². The minimum Gasteiger partial charge on any atom is -0.325 e. The highest BCUT2D eigenvalue weighted by atomic mass is 32.1. The van der Waals surface area contributed by atoms with E-state index in [0.717, 1.165) is 16.4 Å². The second-order valence-electron chi connectivity index (χ2n) is 5.29. The highest BCUT2D eigenvalue weighted by Gasteiger charge is 2.18. The number of hydrogen-bond acceptors (Lipinski definition) is 4. The van der Waals surface area contributed by atoms with Crippen LogP contribution >= 0.6 is 11.3 Å². The normalized spacial score (nSPS) is 13.7. The number of rotatable bonds is 5. The number of aromatic nitrogens is 1. The van der Waals surface area contributed by atoms with Crippen LogP contribution in [0.25, 0.3) is 0 Å². The van der Waals surface area contributed by atoms with E-state index >= 15 is 0 Å². The molecule has 0 aliphatic heterocycles. The first-order valence-electron chi connectivity index (χ1n) is 7.01. The van der Waals surface area contributed by atoms with Gasteiger partial charge in [0.2, 0.25) is 5.91 Å². The number of nitrogens with one attached hydrogen (secondary N) is 2. The summed E-state index contributed by atoms with van der Waals surface area (Å²) in [5, 5.41) is 9.21. The molecule has 1 heterocycles. The van der Waals surface area contributed by atoms with Gasteiger partial charge in [-0.15, -0.1) is 11.3 Å². The highest BCUT2D eigenvalue weighted by Crippen LogP contribution is 2.18. The Labute approximate surface area is 129 Å². The van der Waals surface area contributed by atoms with Crippen LogP contribution in [0.2, 0.25) is 0 Å². The SMILES string of the molecule is Cc1ccc(NC(=O)C(C)NC(C)c2nc(C)cs2)cc1. The molecule has 112 valence electrons. The Bertz CT molecular complexity index is 606. The van der Waals surface area contributed by atoms with E-state index in [9.17, 15) is 4.79 Å². The number of aryl methyl sites for hydroxylation is 2. The van der Waals surface area contributed by atoms with E-state index in [1.54, 1.807) is 11.3 Å². The molecular formula is C16H21N3OS. The van der Waals surface area contributed by atoms with Gasteiger partial charge in [0.1, 0.15) is 5.01 Å². The van der Waals surface area contributed by atoms with Crippen LogP contribution in [-0.2, 0) is 4.79 Å². The molecule has 2 unspecified atom stereocenters. The lowest BCUT2D eigenvalue weighted by atomic mass is 10.2. The molecule has 2 atom stereocenters. The third-order valence-corrected chi connectivity index (χ3v) is 4.36. The van der Waals surface area contributed by atoms with Crippen LogP contribution in [-0.4, -0.2) is 16.9 Å². The average Bonchev–Trinajstić information content (AvgIpc) is 2.88. The standard InChI is InChI=1S/C16H21N3OS/c1-10-5-7-14(8-6-10)19-15(20)12(3)18-13(4)16-17-11(2)9-21-16/h5-9,12-13,18H,1-4H3,(H,19,20). The molecule has 1 aromatic carbocycles. The second-order valence-corrected chi connectivity index (χ2v) is 6.18. The molecule has 1 amide bonds. The number of nitrogens with zero attached hydrogens (tertiary/aromatic N) is 1. The first-order valence-corrected chi connectivity index (χ1v) is 7.89. The van der Waals surface area contributed by atoms with Gasteiger partial charge in [0.25, 0.3) is 0 Å². The van der Waals surface area contributed by atoms with Gasteiger partial charge in [-0.05, 0) is 39.8 Å². The van der Waals surface area contributed by atoms with Crippen LogP contribution < -0.4 is 10.6 Å². The molecular weight excluding hydrogens is 282 g/mol. The lowest BCUT2D eigenvalue weighted by Gasteiger charge is -2.18. The predicted octanol–water partition coefficient (Wildman–Crippen LogP) is 3.44. The fourth-order valence-electron chi connectivity index (χ4n) is 1.98. The quantitative estimate of drug-likeness (QED) is 0.889. The summed E-state index contributed by atoms with van der Waals surface area (Å²) in [6, 6.07) is 7.55. The number of carbonyl (C=O) groups excluding carboxylic acids is 1. The Kier molecular flexibility index (Phi) is 5.09. The average molecular weight is 303 g/mol. The Morgan fingerprint density at radius 1 is 1.19 bits per heavy atom. The molecule has 2 aromatic rings. The molecule has 0 radical (unpaired) electrons. The van der Waals surface area contributed by atoms with Gasteiger partial charge in [-0.2, -0.15) is 0 Å². The molecule has 4 nitrogen and oxygen atoms in total. The van der Waals surface area contributed by atoms with Gasteiger partial charge < -0.3 is 5.32 Å². The third kappa shape index (κ3) is 4.37. The highest BCUT2D eigenvalue weighted by molar-refractivity contribution is 7.09. The molecule has 0 fully saturated rings. The Morgan fingerprint density at radius 3 is 2.43 bits per heavy atom. The molecule has 0 spiro atoms. The summed E-state index contributed by atoms with van der Waals surface area (Å²) < 4.78 is 0. The number of hydrogen-bond donors (Lipinski definition) is 2. The molecule has 1 aromatic heterocycles. The minimum absolute atomic E-state index is 0.0426. The van der Waals surface area contributed by atoms with Crippen molar-refractivity contribution in [3.05, 3.63) is 45.9 Å². The molecule has 2 N–H and O–H groups in total. The number of anilines is 1. The Balaban J connectivity index is 1.91. The maximum atomic E-state index is 12.2. The van der Waals surface area contributed by atoms with Gasteiger partial charge in [-0.25, -0.2) is 4.98 Å². The largest absolute Gasteiger partial charge is 0.325 e. The molecule has 0 saturated heterocycles. The molecule has 21 heavy (non-hydrogen) atoms. The summed E-state index contributed by atoms with van der Waals surface area (Å²) in [6.07, 6.45) is 0. The van der Waals surface area contributed by atoms with Gasteiger partial charge in [-0.3, -0.25) is 10.1 Å². The zero-order valence-electron chi connectivity index (χ0n) is 12.8. The smallest absolute Gasteiger partial charge is 0.241 e. The molecule has 0 saturated carbocycles. The van der Waals surface area contributed by atoms with Crippen molar-refractivity contribution >= 4 is 22.9 Å². The van der Waals surface area contributed by atoms with E-state index in [4.69, 9.17) is 0 Å². The van der Waals surface area contributed by atoms with Gasteiger partial charge in [0.15, 0.2) is 0 Å². The monoisotopic (exact) mass is 303 g/mol. The topological polar surface area (TPSA) is 54.0 Å². The lowest BCUT2D eigenvalue weighted by Crippen LogP contribution is -2.39. The molecule has 5 heteroatoms. The van der Waals surface area contributed by atoms with Crippen LogP contribution in [0.5, 0.6) is 0 Å². The molecule has 2 rings (SSSR count). The van der Waals surface area contributed by atoms with E-state index in [2.05, 4.69) is 15.6 Å². The molecule has 0 aliphatic carbocycles. The zero-order valence-corrected chi connectivity index (χ0v) is 13.6. The summed E-state index contributed by atoms with van der Waals surface area (Å²) in [4.78, 5) is 16.6. The van der Waals surface area contributed by atoms with Crippen molar-refractivity contribution in [3.63, 3.8) is 0 Å². The van der Waals surface area contributed by atoms with Crippen LogP contribution in [0, 0.1) is 13.8 Å². The van der Waals surface area contributed by atoms with E-state index in [1.807, 2.05) is 57.3 Å². The summed E-state index contributed by atoms with van der Waals surface area (Å²) in [6.45, 7) is 7.88. The lowest BCUT2D eigenvalue weighted by molar-refractivity contribution is -0.117. The molecule has 0 bridgehead atoms. The van der Waals surface area contributed by atoms with E-state index in [0.29, 0.717) is 0 Å². The van der Waals surface area contributed by atoms with Crippen LogP contribution in [0.15, 0.2) is 29.6 Å². The third-order valence-electron chi connectivity index (χ3n) is 3.22. The maximum Gasteiger partial charge on any atom is 0.241 e. The van der Waals surface area contributed by atoms with Crippen molar-refractivity contribution in [3.8, 4) is 0 Å². The van der Waals surface area contributed by atoms with Crippen molar-refractivity contribution in [2.75, 3.05) is 5.32 Å². The minimum atomic E-state index is -0.287. The first kappa shape index (κ1) is 15.7. The number of thiazole rings is 1. The predicted molar refractivity (Wildman–Crippen MR) is 87.7 cm³/mol. The summed E-state index contributed by atoms with van der Waals surface area (Å²) in [5.74, 6) is -0.0426. The zero-order chi connectivity index (χ0) is 15.4. The van der Waals surface area contributed by atoms with Crippen molar-refractivity contribution in [1.29, 1.82) is 0 Å². The van der Waals surface area contributed by atoms with E-state index < -0.39 is 0 Å². The number of carbonyl (C=O) groups is 1. The van der Waals surface area contributed by atoms with Gasteiger partial charge in [0.05, 0.1) is 12.1 Å². The van der Waals surface area contributed by atoms with Crippen molar-refractivity contribution in [2.24, 2.45) is 0 Å². The van der Waals surface area contributed by atoms with E-state index in [-0.39, 0.29) is 18.0 Å². The van der Waals surface area contributed by atoms with Crippen molar-refractivity contribution in [1.82, 2.24) is 10.3 Å². The number of amides is 1. The van der Waals surface area contributed by atoms with E-state index in [1.165, 1.54) is 5.56 Å². The van der Waals surface area contributed by atoms with Crippen LogP contribution in [0.1, 0.15) is 36.2 Å². The molecule has 0 aliphatic rings. The number of benzene rings is 1. The first-order chi connectivity index (χ1) is 9.95. The Morgan fingerprint density at radius 2 is 1.86 bits per heavy atom. The van der Waals surface area contributed by atoms with Crippen LogP contribution in [0.4, 0.5) is 5.69 Å². The van der Waals surface area contributed by atoms with Gasteiger partial charge in [-0.1, -0.05) is 17.7 Å². The fourth-order valence-corrected chi connectivity index (χ4v) is 2.79. The summed E-state index contributed by atoms with van der Waals surface area (Å²) >= 11 is 1.61. The second kappa shape index (κ2) is 6.83. The van der Waals surface area contributed by atoms with Crippen LogP contribution in [0.3, 0.4) is 0 Å². The van der Waals surface area contributed by atoms with Gasteiger partial charge >= 0.3 is 0 Å². The maximum absolute atomic E-state index is 12.2. The Hall–Kier alpha value is -1.72. The summed E-state index contributed by atoms with van der Waals surface area (Å²) in [7, 11) is 0. The van der Waals surface area contributed by atoms with Crippen molar-refractivity contribution < 1.29 is 4.79 Å². The summed E-state index contributed by atoms with van der Waals surface area (Å²) in [5.41, 5.74) is 3.00. The van der Waals surface area contributed by atoms with Gasteiger partial charge in [0, 0.05) is 16.8 Å².